The first-order chi connectivity index (χ1) is 25.3. The van der Waals surface area contributed by atoms with Crippen molar-refractivity contribution in [2.75, 3.05) is 4.90 Å². The summed E-state index contributed by atoms with van der Waals surface area (Å²) in [6.45, 7) is 9.49. The first kappa shape index (κ1) is 29.6. The number of para-hydroxylation sites is 1. The average molecular weight is 668 g/mol. The van der Waals surface area contributed by atoms with Crippen LogP contribution in [0.15, 0.2) is 156 Å². The summed E-state index contributed by atoms with van der Waals surface area (Å²) in [4.78, 5) is 2.46. The van der Waals surface area contributed by atoms with E-state index in [4.69, 9.17) is 4.42 Å². The lowest BCUT2D eigenvalue weighted by molar-refractivity contribution is 0.659. The van der Waals surface area contributed by atoms with Gasteiger partial charge in [-0.25, -0.2) is 0 Å². The number of hydrogen-bond acceptors (Lipinski definition) is 2. The number of anilines is 3. The van der Waals surface area contributed by atoms with Gasteiger partial charge in [-0.3, -0.25) is 0 Å². The molecule has 0 bridgehead atoms. The fourth-order valence-electron chi connectivity index (χ4n) is 9.70. The molecule has 1 aromatic heterocycles. The fourth-order valence-corrected chi connectivity index (χ4v) is 9.70. The Balaban J connectivity index is 1.19. The summed E-state index contributed by atoms with van der Waals surface area (Å²) >= 11 is 0. The zero-order chi connectivity index (χ0) is 34.9. The number of fused-ring (bicyclic) bond motifs is 14. The predicted molar refractivity (Wildman–Crippen MR) is 219 cm³/mol. The molecule has 2 heteroatoms. The highest BCUT2D eigenvalue weighted by Gasteiger charge is 2.41. The van der Waals surface area contributed by atoms with Crippen LogP contribution in [0.3, 0.4) is 0 Å². The van der Waals surface area contributed by atoms with Gasteiger partial charge in [-0.15, -0.1) is 0 Å². The molecule has 2 nitrogen and oxygen atoms in total. The molecule has 0 atom stereocenters. The van der Waals surface area contributed by atoms with Gasteiger partial charge in [0.1, 0.15) is 11.2 Å². The van der Waals surface area contributed by atoms with Crippen LogP contribution in [0.25, 0.3) is 65.7 Å². The molecule has 0 fully saturated rings. The van der Waals surface area contributed by atoms with Gasteiger partial charge in [-0.05, 0) is 103 Å². The van der Waals surface area contributed by atoms with Crippen LogP contribution < -0.4 is 4.90 Å². The molecular formula is C50H37NO. The van der Waals surface area contributed by atoms with E-state index in [1.54, 1.807) is 0 Å². The molecule has 0 spiro atoms. The maximum absolute atomic E-state index is 6.66. The van der Waals surface area contributed by atoms with Crippen LogP contribution in [0.2, 0.25) is 0 Å². The lowest BCUT2D eigenvalue weighted by Gasteiger charge is -2.29. The zero-order valence-corrected chi connectivity index (χ0v) is 29.8. The third-order valence-electron chi connectivity index (χ3n) is 12.2. The van der Waals surface area contributed by atoms with Crippen LogP contribution in [0.4, 0.5) is 17.1 Å². The van der Waals surface area contributed by atoms with E-state index in [-0.39, 0.29) is 10.8 Å². The Kier molecular flexibility index (Phi) is 5.83. The molecular weight excluding hydrogens is 631 g/mol. The fraction of sp³-hybridized carbons (Fsp3) is 0.120. The molecule has 2 aliphatic rings. The van der Waals surface area contributed by atoms with Crippen LogP contribution in [-0.2, 0) is 10.8 Å². The van der Waals surface area contributed by atoms with Crippen LogP contribution in [0, 0.1) is 0 Å². The van der Waals surface area contributed by atoms with Crippen molar-refractivity contribution in [2.24, 2.45) is 0 Å². The van der Waals surface area contributed by atoms with E-state index in [1.165, 1.54) is 71.4 Å². The SMILES string of the molecule is CC1(C)c2ccccc2-c2ccc(N(c3ccc4c(c3)-c3c(c5c6ccccc6oc5c5ccccc35)C4(C)C)c3ccc4ccccc4c3)cc21. The van der Waals surface area contributed by atoms with Crippen molar-refractivity contribution < 1.29 is 4.42 Å². The molecule has 0 amide bonds. The Bertz CT molecular complexity index is 2980. The largest absolute Gasteiger partial charge is 0.455 e. The van der Waals surface area contributed by atoms with Gasteiger partial charge < -0.3 is 9.32 Å². The molecule has 0 saturated carbocycles. The second-order valence-electron chi connectivity index (χ2n) is 15.7. The van der Waals surface area contributed by atoms with Crippen molar-refractivity contribution in [3.63, 3.8) is 0 Å². The Morgan fingerprint density at radius 2 is 1.06 bits per heavy atom. The quantitative estimate of drug-likeness (QED) is 0.186. The third-order valence-corrected chi connectivity index (χ3v) is 12.2. The van der Waals surface area contributed by atoms with Gasteiger partial charge in [0, 0.05) is 44.1 Å². The van der Waals surface area contributed by atoms with Crippen molar-refractivity contribution in [2.45, 2.75) is 38.5 Å². The Morgan fingerprint density at radius 3 is 1.92 bits per heavy atom. The van der Waals surface area contributed by atoms with Gasteiger partial charge in [-0.2, -0.15) is 0 Å². The van der Waals surface area contributed by atoms with E-state index in [1.807, 2.05) is 0 Å². The highest BCUT2D eigenvalue weighted by molar-refractivity contribution is 6.23. The van der Waals surface area contributed by atoms with Crippen LogP contribution >= 0.6 is 0 Å². The predicted octanol–water partition coefficient (Wildman–Crippen LogP) is 14.0. The Labute approximate surface area is 303 Å². The van der Waals surface area contributed by atoms with Gasteiger partial charge in [0.25, 0.3) is 0 Å². The highest BCUT2D eigenvalue weighted by Crippen LogP contribution is 2.58. The molecule has 8 aromatic carbocycles. The monoisotopic (exact) mass is 667 g/mol. The zero-order valence-electron chi connectivity index (χ0n) is 29.8. The molecule has 248 valence electrons. The number of hydrogen-bond donors (Lipinski definition) is 0. The Hall–Kier alpha value is -6.12. The van der Waals surface area contributed by atoms with E-state index in [9.17, 15) is 0 Å². The second kappa shape index (κ2) is 10.2. The summed E-state index contributed by atoms with van der Waals surface area (Å²) < 4.78 is 6.66. The Morgan fingerprint density at radius 1 is 0.442 bits per heavy atom. The smallest absolute Gasteiger partial charge is 0.143 e. The standard InChI is InChI=1S/C50H37NO/c1-49(2)41-19-11-9-15-35(41)36-25-23-34(29-43(36)49)51(32-22-21-30-13-5-6-14-31(30)27-32)33-24-26-42-40(28-33)45-37-16-7-8-17-38(37)48-46(47(45)50(42,3)4)39-18-10-12-20-44(39)52-48/h5-29H,1-4H3. The molecule has 0 aliphatic heterocycles. The van der Waals surface area contributed by atoms with Gasteiger partial charge >= 0.3 is 0 Å². The average Bonchev–Trinajstić information content (AvgIpc) is 3.75. The van der Waals surface area contributed by atoms with Crippen molar-refractivity contribution in [3.8, 4) is 22.3 Å². The minimum atomic E-state index is -0.227. The van der Waals surface area contributed by atoms with E-state index in [0.717, 1.165) is 33.6 Å². The summed E-state index contributed by atoms with van der Waals surface area (Å²) in [6.07, 6.45) is 0. The first-order valence-corrected chi connectivity index (χ1v) is 18.4. The molecule has 0 saturated heterocycles. The topological polar surface area (TPSA) is 16.4 Å². The molecule has 0 radical (unpaired) electrons. The maximum atomic E-state index is 6.66. The van der Waals surface area contributed by atoms with Crippen LogP contribution in [0.1, 0.15) is 49.9 Å². The summed E-state index contributed by atoms with van der Waals surface area (Å²) in [5.41, 5.74) is 15.8. The number of nitrogens with zero attached hydrogens (tertiary/aromatic N) is 1. The maximum Gasteiger partial charge on any atom is 0.143 e. The summed E-state index contributed by atoms with van der Waals surface area (Å²) in [6, 6.07) is 56.0. The van der Waals surface area contributed by atoms with Crippen molar-refractivity contribution in [1.82, 2.24) is 0 Å². The first-order valence-electron chi connectivity index (χ1n) is 18.4. The number of rotatable bonds is 3. The van der Waals surface area contributed by atoms with E-state index in [2.05, 4.69) is 184 Å². The lowest BCUT2D eigenvalue weighted by atomic mass is 9.79. The molecule has 0 N–H and O–H groups in total. The second-order valence-corrected chi connectivity index (χ2v) is 15.7. The normalized spacial score (nSPS) is 14.8. The van der Waals surface area contributed by atoms with Gasteiger partial charge in [0.05, 0.1) is 0 Å². The molecule has 1 heterocycles. The number of benzene rings is 8. The summed E-state index contributed by atoms with van der Waals surface area (Å²) in [5, 5.41) is 7.28. The molecule has 9 aromatic rings. The molecule has 52 heavy (non-hydrogen) atoms. The van der Waals surface area contributed by atoms with E-state index in [0.29, 0.717) is 0 Å². The molecule has 2 aliphatic carbocycles. The minimum absolute atomic E-state index is 0.102. The number of furan rings is 1. The van der Waals surface area contributed by atoms with Gasteiger partial charge in [-0.1, -0.05) is 137 Å². The van der Waals surface area contributed by atoms with E-state index >= 15 is 0 Å². The summed E-state index contributed by atoms with van der Waals surface area (Å²) in [7, 11) is 0. The highest BCUT2D eigenvalue weighted by atomic mass is 16.3. The van der Waals surface area contributed by atoms with Crippen LogP contribution in [-0.4, -0.2) is 0 Å². The molecule has 11 rings (SSSR count). The van der Waals surface area contributed by atoms with Crippen LogP contribution in [0.5, 0.6) is 0 Å². The lowest BCUT2D eigenvalue weighted by Crippen LogP contribution is -2.17. The van der Waals surface area contributed by atoms with Crippen molar-refractivity contribution in [1.29, 1.82) is 0 Å². The third kappa shape index (κ3) is 3.84. The molecule has 0 unspecified atom stereocenters. The summed E-state index contributed by atoms with van der Waals surface area (Å²) in [5.74, 6) is 0. The van der Waals surface area contributed by atoms with Crippen molar-refractivity contribution in [3.05, 3.63) is 174 Å². The van der Waals surface area contributed by atoms with Gasteiger partial charge in [0.2, 0.25) is 0 Å². The van der Waals surface area contributed by atoms with E-state index < -0.39 is 0 Å². The van der Waals surface area contributed by atoms with Crippen molar-refractivity contribution >= 4 is 60.5 Å². The van der Waals surface area contributed by atoms with Gasteiger partial charge in [0.15, 0.2) is 0 Å². The minimum Gasteiger partial charge on any atom is -0.455 e.